The summed E-state index contributed by atoms with van der Waals surface area (Å²) >= 11 is 3.54. The molecule has 82 valence electrons. The van der Waals surface area contributed by atoms with Crippen molar-refractivity contribution < 1.29 is 4.74 Å². The Labute approximate surface area is 98.9 Å². The number of rotatable bonds is 3. The van der Waals surface area contributed by atoms with Crippen LogP contribution in [-0.2, 0) is 6.42 Å². The van der Waals surface area contributed by atoms with Gasteiger partial charge in [0.1, 0.15) is 5.75 Å². The Bertz CT molecular complexity index is 385. The van der Waals surface area contributed by atoms with Gasteiger partial charge in [-0.15, -0.1) is 0 Å². The number of ether oxygens (including phenoxy) is 1. The molecule has 0 bridgehead atoms. The fourth-order valence-electron chi connectivity index (χ4n) is 1.80. The van der Waals surface area contributed by atoms with E-state index in [1.165, 1.54) is 11.1 Å². The van der Waals surface area contributed by atoms with E-state index in [0.717, 1.165) is 29.5 Å². The summed E-state index contributed by atoms with van der Waals surface area (Å²) in [5.41, 5.74) is 8.66. The molecule has 0 aliphatic heterocycles. The molecular weight excluding hydrogens is 254 g/mol. The number of benzene rings is 1. The van der Waals surface area contributed by atoms with Crippen LogP contribution in [0.5, 0.6) is 5.75 Å². The monoisotopic (exact) mass is 269 g/mol. The van der Waals surface area contributed by atoms with Crippen molar-refractivity contribution in [3.05, 3.63) is 27.7 Å². The molecule has 0 aromatic heterocycles. The topological polar surface area (TPSA) is 35.2 Å². The average molecular weight is 270 g/mol. The summed E-state index contributed by atoms with van der Waals surface area (Å²) in [5, 5.41) is 0. The molecule has 0 radical (unpaired) electrons. The summed E-state index contributed by atoms with van der Waals surface area (Å²) in [6.07, 6.45) is 3.17. The Balaban J connectivity index is 2.37. The van der Waals surface area contributed by atoms with Crippen molar-refractivity contribution in [2.75, 3.05) is 7.11 Å². The summed E-state index contributed by atoms with van der Waals surface area (Å²) in [4.78, 5) is 0. The molecule has 0 atom stereocenters. The zero-order valence-electron chi connectivity index (χ0n) is 9.14. The number of methoxy groups -OCH3 is 1. The summed E-state index contributed by atoms with van der Waals surface area (Å²) in [6, 6.07) is 4.02. The minimum Gasteiger partial charge on any atom is -0.496 e. The Morgan fingerprint density at radius 3 is 2.67 bits per heavy atom. The van der Waals surface area contributed by atoms with E-state index in [1.807, 2.05) is 12.1 Å². The van der Waals surface area contributed by atoms with Crippen molar-refractivity contribution in [1.29, 1.82) is 0 Å². The minimum atomic E-state index is 0.0266. The first-order valence-electron chi connectivity index (χ1n) is 5.16. The molecule has 0 unspecified atom stereocenters. The van der Waals surface area contributed by atoms with E-state index in [9.17, 15) is 0 Å². The van der Waals surface area contributed by atoms with Crippen molar-refractivity contribution in [2.24, 2.45) is 5.73 Å². The highest BCUT2D eigenvalue weighted by Crippen LogP contribution is 2.40. The normalized spacial score (nSPS) is 17.6. The molecule has 15 heavy (non-hydrogen) atoms. The molecule has 1 aromatic rings. The molecule has 1 aromatic carbocycles. The molecule has 2 rings (SSSR count). The maximum absolute atomic E-state index is 6.15. The number of nitrogens with two attached hydrogens (primary N) is 1. The van der Waals surface area contributed by atoms with Gasteiger partial charge < -0.3 is 10.5 Å². The fourth-order valence-corrected chi connectivity index (χ4v) is 2.18. The van der Waals surface area contributed by atoms with Gasteiger partial charge >= 0.3 is 0 Å². The van der Waals surface area contributed by atoms with Gasteiger partial charge in [0.15, 0.2) is 0 Å². The first kappa shape index (κ1) is 11.0. The van der Waals surface area contributed by atoms with Gasteiger partial charge in [-0.05, 0) is 49.4 Å². The Morgan fingerprint density at radius 1 is 1.47 bits per heavy atom. The van der Waals surface area contributed by atoms with Gasteiger partial charge in [-0.1, -0.05) is 15.9 Å². The van der Waals surface area contributed by atoms with Crippen molar-refractivity contribution in [3.63, 3.8) is 0 Å². The van der Waals surface area contributed by atoms with Crippen LogP contribution >= 0.6 is 15.9 Å². The van der Waals surface area contributed by atoms with Gasteiger partial charge in [-0.2, -0.15) is 0 Å². The summed E-state index contributed by atoms with van der Waals surface area (Å²) in [5.74, 6) is 0.951. The largest absolute Gasteiger partial charge is 0.496 e. The van der Waals surface area contributed by atoms with Crippen molar-refractivity contribution in [3.8, 4) is 5.75 Å². The van der Waals surface area contributed by atoms with Crippen LogP contribution in [0.25, 0.3) is 0 Å². The standard InChI is InChI=1S/C12H16BrNO/c1-8-9(7-12(14)5-6-12)11(15-2)4-3-10(8)13/h3-4H,5-7,14H2,1-2H3. The van der Waals surface area contributed by atoms with Gasteiger partial charge in [-0.25, -0.2) is 0 Å². The quantitative estimate of drug-likeness (QED) is 0.916. The Kier molecular flexibility index (Phi) is 2.77. The van der Waals surface area contributed by atoms with E-state index in [4.69, 9.17) is 10.5 Å². The molecule has 0 saturated heterocycles. The highest BCUT2D eigenvalue weighted by atomic mass is 79.9. The molecule has 0 heterocycles. The van der Waals surface area contributed by atoms with Crippen LogP contribution in [0, 0.1) is 6.92 Å². The predicted molar refractivity (Wildman–Crippen MR) is 65.3 cm³/mol. The zero-order valence-corrected chi connectivity index (χ0v) is 10.7. The van der Waals surface area contributed by atoms with Gasteiger partial charge in [0.05, 0.1) is 7.11 Å². The summed E-state index contributed by atoms with van der Waals surface area (Å²) in [7, 11) is 1.71. The van der Waals surface area contributed by atoms with Crippen LogP contribution in [0.4, 0.5) is 0 Å². The number of hydrogen-bond acceptors (Lipinski definition) is 2. The van der Waals surface area contributed by atoms with Crippen LogP contribution in [-0.4, -0.2) is 12.6 Å². The highest BCUT2D eigenvalue weighted by Gasteiger charge is 2.39. The third kappa shape index (κ3) is 2.18. The third-order valence-electron chi connectivity index (χ3n) is 3.13. The molecule has 1 fully saturated rings. The van der Waals surface area contributed by atoms with Crippen LogP contribution < -0.4 is 10.5 Å². The van der Waals surface area contributed by atoms with Crippen molar-refractivity contribution >= 4 is 15.9 Å². The maximum Gasteiger partial charge on any atom is 0.122 e. The lowest BCUT2D eigenvalue weighted by Gasteiger charge is -2.16. The molecule has 2 N–H and O–H groups in total. The Hall–Kier alpha value is -0.540. The van der Waals surface area contributed by atoms with Crippen molar-refractivity contribution in [2.45, 2.75) is 31.7 Å². The Morgan fingerprint density at radius 2 is 2.13 bits per heavy atom. The highest BCUT2D eigenvalue weighted by molar-refractivity contribution is 9.10. The SMILES string of the molecule is COc1ccc(Br)c(C)c1CC1(N)CC1. The smallest absolute Gasteiger partial charge is 0.122 e. The van der Waals surface area contributed by atoms with Crippen LogP contribution in [0.2, 0.25) is 0 Å². The average Bonchev–Trinajstić information content (AvgIpc) is 2.92. The predicted octanol–water partition coefficient (Wildman–Crippen LogP) is 2.80. The first-order valence-corrected chi connectivity index (χ1v) is 5.96. The van der Waals surface area contributed by atoms with Gasteiger partial charge in [0.2, 0.25) is 0 Å². The van der Waals surface area contributed by atoms with Crippen molar-refractivity contribution in [1.82, 2.24) is 0 Å². The first-order chi connectivity index (χ1) is 7.06. The molecule has 2 nitrogen and oxygen atoms in total. The van der Waals surface area contributed by atoms with Crippen LogP contribution in [0.1, 0.15) is 24.0 Å². The zero-order chi connectivity index (χ0) is 11.1. The summed E-state index contributed by atoms with van der Waals surface area (Å²) in [6.45, 7) is 2.10. The van der Waals surface area contributed by atoms with E-state index in [1.54, 1.807) is 7.11 Å². The second kappa shape index (κ2) is 3.80. The van der Waals surface area contributed by atoms with Gasteiger partial charge in [0, 0.05) is 10.0 Å². The second-order valence-corrected chi connectivity index (χ2v) is 5.25. The van der Waals surface area contributed by atoms with Gasteiger partial charge in [0.25, 0.3) is 0 Å². The lowest BCUT2D eigenvalue weighted by molar-refractivity contribution is 0.406. The van der Waals surface area contributed by atoms with Crippen LogP contribution in [0.3, 0.4) is 0 Å². The molecular formula is C12H16BrNO. The number of halogens is 1. The molecule has 0 spiro atoms. The fraction of sp³-hybridized carbons (Fsp3) is 0.500. The van der Waals surface area contributed by atoms with E-state index in [0.29, 0.717) is 0 Å². The lowest BCUT2D eigenvalue weighted by atomic mass is 9.99. The maximum atomic E-state index is 6.15. The number of hydrogen-bond donors (Lipinski definition) is 1. The van der Waals surface area contributed by atoms with E-state index in [-0.39, 0.29) is 5.54 Å². The van der Waals surface area contributed by atoms with Crippen LogP contribution in [0.15, 0.2) is 16.6 Å². The molecule has 1 saturated carbocycles. The van der Waals surface area contributed by atoms with E-state index < -0.39 is 0 Å². The third-order valence-corrected chi connectivity index (χ3v) is 3.99. The lowest BCUT2D eigenvalue weighted by Crippen LogP contribution is -2.25. The van der Waals surface area contributed by atoms with E-state index >= 15 is 0 Å². The molecule has 3 heteroatoms. The summed E-state index contributed by atoms with van der Waals surface area (Å²) < 4.78 is 6.51. The molecule has 0 amide bonds. The second-order valence-electron chi connectivity index (χ2n) is 4.39. The van der Waals surface area contributed by atoms with Gasteiger partial charge in [-0.3, -0.25) is 0 Å². The molecule has 1 aliphatic rings. The molecule has 1 aliphatic carbocycles. The minimum absolute atomic E-state index is 0.0266. The van der Waals surface area contributed by atoms with E-state index in [2.05, 4.69) is 22.9 Å².